The quantitative estimate of drug-likeness (QED) is 0.869. The first-order chi connectivity index (χ1) is 8.68. The molecule has 1 aromatic heterocycles. The van der Waals surface area contributed by atoms with Crippen LogP contribution in [-0.2, 0) is 6.42 Å². The number of hydrogen-bond acceptors (Lipinski definition) is 2. The highest BCUT2D eigenvalue weighted by Crippen LogP contribution is 2.23. The predicted molar refractivity (Wildman–Crippen MR) is 70.5 cm³/mol. The highest BCUT2D eigenvalue weighted by molar-refractivity contribution is 7.09. The first kappa shape index (κ1) is 13.2. The lowest BCUT2D eigenvalue weighted by Gasteiger charge is -2.13. The molecule has 1 aromatic carbocycles. The smallest absolute Gasteiger partial charge is 0.130 e. The summed E-state index contributed by atoms with van der Waals surface area (Å²) in [5, 5.41) is 2.02. The van der Waals surface area contributed by atoms with Crippen molar-refractivity contribution in [3.8, 4) is 0 Å². The van der Waals surface area contributed by atoms with E-state index in [2.05, 4.69) is 6.07 Å². The van der Waals surface area contributed by atoms with E-state index in [1.807, 2.05) is 11.4 Å². The van der Waals surface area contributed by atoms with Gasteiger partial charge in [0, 0.05) is 16.5 Å². The molecule has 96 valence electrons. The molecule has 1 atom stereocenters. The maximum absolute atomic E-state index is 13.5. The minimum atomic E-state index is -0.578. The van der Waals surface area contributed by atoms with Gasteiger partial charge in [0.1, 0.15) is 11.6 Å². The van der Waals surface area contributed by atoms with Crippen molar-refractivity contribution in [1.29, 1.82) is 0 Å². The molecule has 0 radical (unpaired) electrons. The lowest BCUT2D eigenvalue weighted by molar-refractivity contribution is 0.505. The highest BCUT2D eigenvalue weighted by atomic mass is 32.1. The first-order valence-corrected chi connectivity index (χ1v) is 6.78. The van der Waals surface area contributed by atoms with Gasteiger partial charge in [0.25, 0.3) is 0 Å². The summed E-state index contributed by atoms with van der Waals surface area (Å²) >= 11 is 1.69. The number of hydrogen-bond donors (Lipinski definition) is 1. The normalized spacial score (nSPS) is 12.6. The molecular formula is C14H15F2NS. The minimum Gasteiger partial charge on any atom is -0.324 e. The summed E-state index contributed by atoms with van der Waals surface area (Å²) in [5.74, 6) is -1.11. The number of thiophene rings is 1. The van der Waals surface area contributed by atoms with Crippen LogP contribution in [0, 0.1) is 11.6 Å². The van der Waals surface area contributed by atoms with Crippen molar-refractivity contribution >= 4 is 11.3 Å². The first-order valence-electron chi connectivity index (χ1n) is 5.90. The molecule has 2 aromatic rings. The molecule has 0 aliphatic rings. The van der Waals surface area contributed by atoms with Crippen molar-refractivity contribution in [3.63, 3.8) is 0 Å². The third-order valence-corrected chi connectivity index (χ3v) is 3.83. The van der Waals surface area contributed by atoms with Gasteiger partial charge in [0.2, 0.25) is 0 Å². The van der Waals surface area contributed by atoms with Crippen molar-refractivity contribution in [2.45, 2.75) is 25.3 Å². The van der Waals surface area contributed by atoms with Crippen molar-refractivity contribution < 1.29 is 8.78 Å². The second-order valence-corrected chi connectivity index (χ2v) is 5.25. The molecule has 1 heterocycles. The lowest BCUT2D eigenvalue weighted by atomic mass is 10.0. The number of aryl methyl sites for hydroxylation is 1. The van der Waals surface area contributed by atoms with Gasteiger partial charge in [-0.1, -0.05) is 12.1 Å². The van der Waals surface area contributed by atoms with Gasteiger partial charge < -0.3 is 5.73 Å². The van der Waals surface area contributed by atoms with E-state index >= 15 is 0 Å². The van der Waals surface area contributed by atoms with Crippen LogP contribution >= 0.6 is 11.3 Å². The molecule has 0 aliphatic heterocycles. The van der Waals surface area contributed by atoms with Crippen LogP contribution in [0.15, 0.2) is 35.7 Å². The van der Waals surface area contributed by atoms with E-state index in [1.165, 1.54) is 23.1 Å². The fourth-order valence-corrected chi connectivity index (χ4v) is 2.71. The molecule has 0 saturated carbocycles. The maximum Gasteiger partial charge on any atom is 0.130 e. The van der Waals surface area contributed by atoms with E-state index < -0.39 is 17.7 Å². The molecule has 0 spiro atoms. The van der Waals surface area contributed by atoms with Crippen molar-refractivity contribution in [3.05, 3.63) is 57.8 Å². The summed E-state index contributed by atoms with van der Waals surface area (Å²) in [6.07, 6.45) is 2.31. The number of nitrogens with two attached hydrogens (primary N) is 1. The molecule has 4 heteroatoms. The molecule has 1 nitrogen and oxygen atoms in total. The van der Waals surface area contributed by atoms with Gasteiger partial charge in [-0.15, -0.1) is 11.3 Å². The van der Waals surface area contributed by atoms with E-state index in [4.69, 9.17) is 5.73 Å². The average Bonchev–Trinajstić information content (AvgIpc) is 2.82. The Labute approximate surface area is 109 Å². The fourth-order valence-electron chi connectivity index (χ4n) is 1.96. The summed E-state index contributed by atoms with van der Waals surface area (Å²) < 4.78 is 27.0. The summed E-state index contributed by atoms with van der Waals surface area (Å²) in [7, 11) is 0. The van der Waals surface area contributed by atoms with Gasteiger partial charge >= 0.3 is 0 Å². The Kier molecular flexibility index (Phi) is 4.44. The SMILES string of the molecule is NC(CCCc1cccs1)c1c(F)cccc1F. The Morgan fingerprint density at radius 2 is 1.83 bits per heavy atom. The zero-order valence-corrected chi connectivity index (χ0v) is 10.7. The van der Waals surface area contributed by atoms with Gasteiger partial charge in [-0.25, -0.2) is 8.78 Å². The van der Waals surface area contributed by atoms with E-state index in [-0.39, 0.29) is 5.56 Å². The van der Waals surface area contributed by atoms with Gasteiger partial charge in [-0.3, -0.25) is 0 Å². The monoisotopic (exact) mass is 267 g/mol. The standard InChI is InChI=1S/C14H15F2NS/c15-11-6-2-7-12(16)14(11)13(17)8-1-4-10-5-3-9-18-10/h2-3,5-7,9,13H,1,4,8,17H2. The Morgan fingerprint density at radius 1 is 1.11 bits per heavy atom. The summed E-state index contributed by atoms with van der Waals surface area (Å²) in [6, 6.07) is 7.32. The Balaban J connectivity index is 1.93. The van der Waals surface area contributed by atoms with Gasteiger partial charge in [-0.05, 0) is 42.8 Å². The highest BCUT2D eigenvalue weighted by Gasteiger charge is 2.15. The number of halogens is 2. The third-order valence-electron chi connectivity index (χ3n) is 2.89. The van der Waals surface area contributed by atoms with Gasteiger partial charge in [0.05, 0.1) is 0 Å². The fraction of sp³-hybridized carbons (Fsp3) is 0.286. The Hall–Kier alpha value is -1.26. The van der Waals surface area contributed by atoms with Crippen LogP contribution in [0.3, 0.4) is 0 Å². The zero-order valence-electron chi connectivity index (χ0n) is 9.90. The van der Waals surface area contributed by atoms with Crippen LogP contribution in [0.5, 0.6) is 0 Å². The molecule has 0 bridgehead atoms. The molecule has 0 amide bonds. The molecule has 2 N–H and O–H groups in total. The van der Waals surface area contributed by atoms with E-state index in [1.54, 1.807) is 11.3 Å². The van der Waals surface area contributed by atoms with Crippen LogP contribution in [0.2, 0.25) is 0 Å². The molecular weight excluding hydrogens is 252 g/mol. The van der Waals surface area contributed by atoms with Crippen LogP contribution in [0.1, 0.15) is 29.3 Å². The molecule has 2 rings (SSSR count). The van der Waals surface area contributed by atoms with Crippen molar-refractivity contribution in [1.82, 2.24) is 0 Å². The van der Waals surface area contributed by atoms with Crippen molar-refractivity contribution in [2.24, 2.45) is 5.73 Å². The van der Waals surface area contributed by atoms with Gasteiger partial charge in [-0.2, -0.15) is 0 Å². The summed E-state index contributed by atoms with van der Waals surface area (Å²) in [4.78, 5) is 1.27. The predicted octanol–water partition coefficient (Wildman–Crippen LogP) is 4.05. The number of rotatable bonds is 5. The Morgan fingerprint density at radius 3 is 2.44 bits per heavy atom. The molecule has 0 saturated heterocycles. The molecule has 0 fully saturated rings. The molecule has 0 aliphatic carbocycles. The van der Waals surface area contributed by atoms with Crippen LogP contribution in [-0.4, -0.2) is 0 Å². The van der Waals surface area contributed by atoms with Crippen LogP contribution < -0.4 is 5.73 Å². The largest absolute Gasteiger partial charge is 0.324 e. The third kappa shape index (κ3) is 3.15. The topological polar surface area (TPSA) is 26.0 Å². The zero-order chi connectivity index (χ0) is 13.0. The van der Waals surface area contributed by atoms with E-state index in [0.29, 0.717) is 6.42 Å². The summed E-state index contributed by atoms with van der Waals surface area (Å²) in [5.41, 5.74) is 5.86. The Bertz CT molecular complexity index is 476. The van der Waals surface area contributed by atoms with Crippen LogP contribution in [0.25, 0.3) is 0 Å². The van der Waals surface area contributed by atoms with Gasteiger partial charge in [0.15, 0.2) is 0 Å². The second kappa shape index (κ2) is 6.07. The number of benzene rings is 1. The van der Waals surface area contributed by atoms with Crippen LogP contribution in [0.4, 0.5) is 8.78 Å². The lowest BCUT2D eigenvalue weighted by Crippen LogP contribution is -2.14. The minimum absolute atomic E-state index is 0.00341. The summed E-state index contributed by atoms with van der Waals surface area (Å²) in [6.45, 7) is 0. The molecule has 1 unspecified atom stereocenters. The maximum atomic E-state index is 13.5. The average molecular weight is 267 g/mol. The van der Waals surface area contributed by atoms with E-state index in [9.17, 15) is 8.78 Å². The van der Waals surface area contributed by atoms with E-state index in [0.717, 1.165) is 12.8 Å². The molecule has 18 heavy (non-hydrogen) atoms. The van der Waals surface area contributed by atoms with Crippen molar-refractivity contribution in [2.75, 3.05) is 0 Å². The second-order valence-electron chi connectivity index (χ2n) is 4.21.